The summed E-state index contributed by atoms with van der Waals surface area (Å²) in [6.45, 7) is 6.07. The summed E-state index contributed by atoms with van der Waals surface area (Å²) in [5.74, 6) is -0.481. The molecule has 0 radical (unpaired) electrons. The van der Waals surface area contributed by atoms with E-state index in [1.807, 2.05) is 6.92 Å². The minimum atomic E-state index is -0.431. The Kier molecular flexibility index (Phi) is 4.67. The number of nitrogens with zero attached hydrogens (tertiary/aromatic N) is 1. The van der Waals surface area contributed by atoms with Crippen LogP contribution in [-0.4, -0.2) is 37.1 Å². The molecule has 100 valence electrons. The predicted molar refractivity (Wildman–Crippen MR) is 67.1 cm³/mol. The van der Waals surface area contributed by atoms with E-state index in [9.17, 15) is 9.59 Å². The Hall–Kier alpha value is -1.62. The van der Waals surface area contributed by atoms with Gasteiger partial charge in [0.1, 0.15) is 5.69 Å². The molecular formula is C13H19NO4. The Morgan fingerprint density at radius 1 is 1.22 bits per heavy atom. The van der Waals surface area contributed by atoms with E-state index < -0.39 is 5.97 Å². The second-order valence-electron chi connectivity index (χ2n) is 4.13. The fraction of sp³-hybridized carbons (Fsp3) is 0.538. The molecule has 0 aromatic carbocycles. The van der Waals surface area contributed by atoms with Crippen LogP contribution in [0.2, 0.25) is 0 Å². The van der Waals surface area contributed by atoms with Crippen molar-refractivity contribution < 1.29 is 19.1 Å². The molecule has 18 heavy (non-hydrogen) atoms. The number of carbonyl (C=O) groups is 2. The second-order valence-corrected chi connectivity index (χ2v) is 4.13. The zero-order valence-corrected chi connectivity index (χ0v) is 11.5. The highest BCUT2D eigenvalue weighted by Crippen LogP contribution is 2.23. The van der Waals surface area contributed by atoms with Crippen LogP contribution in [-0.2, 0) is 16.0 Å². The van der Waals surface area contributed by atoms with E-state index in [0.29, 0.717) is 30.0 Å². The number of hydrogen-bond acceptors (Lipinski definition) is 4. The zero-order valence-electron chi connectivity index (χ0n) is 11.5. The average Bonchev–Trinajstić information content (AvgIpc) is 2.57. The monoisotopic (exact) mass is 253 g/mol. The van der Waals surface area contributed by atoms with Gasteiger partial charge in [0.15, 0.2) is 5.78 Å². The maximum Gasteiger partial charge on any atom is 0.354 e. The molecule has 0 saturated carbocycles. The molecule has 5 nitrogen and oxygen atoms in total. The highest BCUT2D eigenvalue weighted by atomic mass is 16.5. The first kappa shape index (κ1) is 14.4. The van der Waals surface area contributed by atoms with Gasteiger partial charge >= 0.3 is 5.97 Å². The van der Waals surface area contributed by atoms with Gasteiger partial charge in [0.2, 0.25) is 0 Å². The Bertz CT molecular complexity index is 474. The minimum absolute atomic E-state index is 0.0497. The molecule has 0 N–H and O–H groups in total. The van der Waals surface area contributed by atoms with Crippen LogP contribution < -0.4 is 0 Å². The van der Waals surface area contributed by atoms with Crippen LogP contribution in [0.4, 0.5) is 0 Å². The number of aromatic nitrogens is 1. The summed E-state index contributed by atoms with van der Waals surface area (Å²) in [7, 11) is 2.92. The third kappa shape index (κ3) is 2.46. The first-order valence-corrected chi connectivity index (χ1v) is 5.73. The van der Waals surface area contributed by atoms with E-state index >= 15 is 0 Å². The lowest BCUT2D eigenvalue weighted by Crippen LogP contribution is -2.15. The summed E-state index contributed by atoms with van der Waals surface area (Å²) in [6, 6.07) is 0. The van der Waals surface area contributed by atoms with Crippen molar-refractivity contribution in [3.05, 3.63) is 22.5 Å². The number of ether oxygens (including phenoxy) is 2. The lowest BCUT2D eigenvalue weighted by atomic mass is 10.1. The number of esters is 1. The molecule has 0 aliphatic carbocycles. The number of Topliss-reactive ketones (excluding diaryl/α,β-unsaturated/α-hetero) is 1. The smallest absolute Gasteiger partial charge is 0.354 e. The van der Waals surface area contributed by atoms with Gasteiger partial charge in [-0.3, -0.25) is 4.79 Å². The van der Waals surface area contributed by atoms with Gasteiger partial charge in [-0.1, -0.05) is 0 Å². The molecule has 1 rings (SSSR count). The van der Waals surface area contributed by atoms with Crippen LogP contribution in [0, 0.1) is 13.8 Å². The number of ketones is 1. The van der Waals surface area contributed by atoms with Gasteiger partial charge in [-0.15, -0.1) is 0 Å². The maximum atomic E-state index is 11.8. The lowest BCUT2D eigenvalue weighted by Gasteiger charge is -2.10. The number of methoxy groups -OCH3 is 2. The highest BCUT2D eigenvalue weighted by molar-refractivity contribution is 6.01. The summed E-state index contributed by atoms with van der Waals surface area (Å²) in [5, 5.41) is 0. The molecule has 0 saturated heterocycles. The Morgan fingerprint density at radius 2 is 1.83 bits per heavy atom. The molecule has 0 fully saturated rings. The maximum absolute atomic E-state index is 11.8. The fourth-order valence-electron chi connectivity index (χ4n) is 2.24. The molecule has 0 aliphatic rings. The normalized spacial score (nSPS) is 10.5. The number of rotatable bonds is 5. The van der Waals surface area contributed by atoms with Gasteiger partial charge in [-0.25, -0.2) is 4.79 Å². The van der Waals surface area contributed by atoms with Gasteiger partial charge < -0.3 is 14.0 Å². The molecule has 0 bridgehead atoms. The van der Waals surface area contributed by atoms with E-state index in [1.54, 1.807) is 18.6 Å². The predicted octanol–water partition coefficient (Wildman–Crippen LogP) is 1.74. The van der Waals surface area contributed by atoms with Gasteiger partial charge in [-0.05, 0) is 26.3 Å². The van der Waals surface area contributed by atoms with E-state index in [0.717, 1.165) is 5.69 Å². The van der Waals surface area contributed by atoms with Crippen molar-refractivity contribution in [2.45, 2.75) is 27.3 Å². The van der Waals surface area contributed by atoms with Crippen LogP contribution in [0.3, 0.4) is 0 Å². The van der Waals surface area contributed by atoms with Crippen molar-refractivity contribution in [3.63, 3.8) is 0 Å². The van der Waals surface area contributed by atoms with Crippen molar-refractivity contribution in [1.82, 2.24) is 4.57 Å². The first-order valence-electron chi connectivity index (χ1n) is 5.73. The van der Waals surface area contributed by atoms with Gasteiger partial charge in [0.25, 0.3) is 0 Å². The summed E-state index contributed by atoms with van der Waals surface area (Å²) >= 11 is 0. The Morgan fingerprint density at radius 3 is 2.28 bits per heavy atom. The molecule has 1 aromatic heterocycles. The summed E-state index contributed by atoms with van der Waals surface area (Å²) < 4.78 is 11.6. The van der Waals surface area contributed by atoms with Crippen molar-refractivity contribution in [2.24, 2.45) is 0 Å². The van der Waals surface area contributed by atoms with Crippen LogP contribution in [0.25, 0.3) is 0 Å². The second kappa shape index (κ2) is 5.82. The Balaban J connectivity index is 3.41. The largest absolute Gasteiger partial charge is 0.464 e. The van der Waals surface area contributed by atoms with Crippen molar-refractivity contribution >= 4 is 11.8 Å². The van der Waals surface area contributed by atoms with Crippen LogP contribution in [0.15, 0.2) is 0 Å². The van der Waals surface area contributed by atoms with E-state index in [2.05, 4.69) is 0 Å². The van der Waals surface area contributed by atoms with Gasteiger partial charge in [0, 0.05) is 24.9 Å². The molecule has 0 spiro atoms. The number of carbonyl (C=O) groups excluding carboxylic acids is 2. The van der Waals surface area contributed by atoms with Gasteiger partial charge in [-0.2, -0.15) is 0 Å². The van der Waals surface area contributed by atoms with Crippen LogP contribution in [0.1, 0.15) is 39.0 Å². The summed E-state index contributed by atoms with van der Waals surface area (Å²) in [5.41, 5.74) is 2.46. The van der Waals surface area contributed by atoms with Crippen LogP contribution >= 0.6 is 0 Å². The molecule has 1 heterocycles. The van der Waals surface area contributed by atoms with E-state index in [4.69, 9.17) is 9.47 Å². The Labute approximate surface area is 107 Å². The molecule has 5 heteroatoms. The minimum Gasteiger partial charge on any atom is -0.464 e. The standard InChI is InChI=1S/C13H19NO4/c1-8-11(10(3)15)9(2)14(6-7-17-4)12(8)13(16)18-5/h6-7H2,1-5H3. The molecular weight excluding hydrogens is 234 g/mol. The quantitative estimate of drug-likeness (QED) is 0.592. The third-order valence-corrected chi connectivity index (χ3v) is 3.02. The molecule has 1 aromatic rings. The summed E-state index contributed by atoms with van der Waals surface area (Å²) in [4.78, 5) is 23.5. The third-order valence-electron chi connectivity index (χ3n) is 3.02. The molecule has 0 amide bonds. The zero-order chi connectivity index (χ0) is 13.9. The van der Waals surface area contributed by atoms with E-state index in [-0.39, 0.29) is 5.78 Å². The summed E-state index contributed by atoms with van der Waals surface area (Å²) in [6.07, 6.45) is 0. The lowest BCUT2D eigenvalue weighted by molar-refractivity contribution is 0.0584. The van der Waals surface area contributed by atoms with Gasteiger partial charge in [0.05, 0.1) is 13.7 Å². The van der Waals surface area contributed by atoms with Crippen molar-refractivity contribution in [3.8, 4) is 0 Å². The average molecular weight is 253 g/mol. The fourth-order valence-corrected chi connectivity index (χ4v) is 2.24. The van der Waals surface area contributed by atoms with Crippen LogP contribution in [0.5, 0.6) is 0 Å². The highest BCUT2D eigenvalue weighted by Gasteiger charge is 2.24. The first-order chi connectivity index (χ1) is 8.45. The SMILES string of the molecule is COCCn1c(C)c(C(C)=O)c(C)c1C(=O)OC. The molecule has 0 aliphatic heterocycles. The van der Waals surface area contributed by atoms with E-state index in [1.165, 1.54) is 14.0 Å². The van der Waals surface area contributed by atoms with Crippen molar-refractivity contribution in [2.75, 3.05) is 20.8 Å². The molecule has 0 atom stereocenters. The molecule has 0 unspecified atom stereocenters. The number of hydrogen-bond donors (Lipinski definition) is 0. The van der Waals surface area contributed by atoms with Crippen molar-refractivity contribution in [1.29, 1.82) is 0 Å². The topological polar surface area (TPSA) is 57.5 Å².